The van der Waals surface area contributed by atoms with Crippen LogP contribution in [0.5, 0.6) is 17.2 Å². The molecule has 4 nitrogen and oxygen atoms in total. The Hall–Kier alpha value is -1.72. The van der Waals surface area contributed by atoms with Crippen molar-refractivity contribution in [2.45, 2.75) is 32.3 Å². The maximum atomic E-state index is 6.30. The van der Waals surface area contributed by atoms with Gasteiger partial charge in [0.05, 0.1) is 0 Å². The Kier molecular flexibility index (Phi) is 5.41. The molecule has 2 aromatic rings. The van der Waals surface area contributed by atoms with Crippen molar-refractivity contribution in [3.05, 3.63) is 40.1 Å². The fourth-order valence-corrected chi connectivity index (χ4v) is 3.81. The molecule has 0 saturated carbocycles. The van der Waals surface area contributed by atoms with Gasteiger partial charge in [0.1, 0.15) is 6.10 Å². The predicted octanol–water partition coefficient (Wildman–Crippen LogP) is 4.16. The van der Waals surface area contributed by atoms with E-state index in [0.717, 1.165) is 30.9 Å². The molecule has 1 aliphatic rings. The first-order valence-electron chi connectivity index (χ1n) is 8.10. The van der Waals surface area contributed by atoms with E-state index in [2.05, 4.69) is 24.4 Å². The summed E-state index contributed by atoms with van der Waals surface area (Å²) in [4.78, 5) is 2.68. The smallest absolute Gasteiger partial charge is 0.231 e. The van der Waals surface area contributed by atoms with E-state index in [-0.39, 0.29) is 12.9 Å². The molecule has 0 saturated heterocycles. The highest BCUT2D eigenvalue weighted by molar-refractivity contribution is 7.12. The first-order valence-corrected chi connectivity index (χ1v) is 8.92. The first kappa shape index (κ1) is 16.1. The van der Waals surface area contributed by atoms with Gasteiger partial charge in [0.2, 0.25) is 12.5 Å². The van der Waals surface area contributed by atoms with Crippen LogP contribution < -0.4 is 19.5 Å². The molecular formula is C18H23NO3S. The molecule has 23 heavy (non-hydrogen) atoms. The van der Waals surface area contributed by atoms with Crippen LogP contribution in [0.15, 0.2) is 30.3 Å². The second-order valence-electron chi connectivity index (χ2n) is 5.54. The van der Waals surface area contributed by atoms with Gasteiger partial charge in [-0.2, -0.15) is 0 Å². The van der Waals surface area contributed by atoms with Crippen molar-refractivity contribution in [1.29, 1.82) is 0 Å². The predicted molar refractivity (Wildman–Crippen MR) is 92.8 cm³/mol. The first-order chi connectivity index (χ1) is 11.3. The van der Waals surface area contributed by atoms with Crippen molar-refractivity contribution >= 4 is 11.3 Å². The normalized spacial score (nSPS) is 14.0. The number of aryl methyl sites for hydroxylation is 1. The SMILES string of the molecule is CCCc1ccc([C@H](CCNC)Oc2cccc3c2OCO3)s1. The fourth-order valence-electron chi connectivity index (χ4n) is 2.63. The van der Waals surface area contributed by atoms with Crippen molar-refractivity contribution < 1.29 is 14.2 Å². The minimum absolute atomic E-state index is 0.0220. The number of nitrogens with one attached hydrogen (secondary N) is 1. The summed E-state index contributed by atoms with van der Waals surface area (Å²) in [6.07, 6.45) is 3.22. The van der Waals surface area contributed by atoms with Gasteiger partial charge >= 0.3 is 0 Å². The Bertz CT molecular complexity index is 641. The second kappa shape index (κ2) is 7.70. The zero-order chi connectivity index (χ0) is 16.1. The molecule has 0 spiro atoms. The Balaban J connectivity index is 1.80. The second-order valence-corrected chi connectivity index (χ2v) is 6.74. The van der Waals surface area contributed by atoms with Crippen LogP contribution in [0.1, 0.15) is 35.6 Å². The molecule has 1 aromatic heterocycles. The molecule has 3 rings (SSSR count). The number of benzene rings is 1. The maximum absolute atomic E-state index is 6.30. The highest BCUT2D eigenvalue weighted by Crippen LogP contribution is 2.43. The van der Waals surface area contributed by atoms with Crippen LogP contribution in [0.2, 0.25) is 0 Å². The summed E-state index contributed by atoms with van der Waals surface area (Å²) >= 11 is 1.84. The molecule has 124 valence electrons. The van der Waals surface area contributed by atoms with E-state index >= 15 is 0 Å². The third-order valence-corrected chi connectivity index (χ3v) is 5.02. The average Bonchev–Trinajstić information content (AvgIpc) is 3.21. The highest BCUT2D eigenvalue weighted by Gasteiger charge is 2.22. The largest absolute Gasteiger partial charge is 0.481 e. The number of fused-ring (bicyclic) bond motifs is 1. The van der Waals surface area contributed by atoms with Crippen molar-refractivity contribution in [2.75, 3.05) is 20.4 Å². The minimum Gasteiger partial charge on any atom is -0.481 e. The van der Waals surface area contributed by atoms with Crippen LogP contribution in [0, 0.1) is 0 Å². The molecule has 5 heteroatoms. The maximum Gasteiger partial charge on any atom is 0.231 e. The Labute approximate surface area is 141 Å². The highest BCUT2D eigenvalue weighted by atomic mass is 32.1. The molecule has 0 aliphatic carbocycles. The van der Waals surface area contributed by atoms with E-state index in [1.54, 1.807) is 0 Å². The number of rotatable bonds is 8. The average molecular weight is 333 g/mol. The summed E-state index contributed by atoms with van der Waals surface area (Å²) in [6, 6.07) is 10.2. The zero-order valence-electron chi connectivity index (χ0n) is 13.6. The number of thiophene rings is 1. The van der Waals surface area contributed by atoms with Gasteiger partial charge in [-0.25, -0.2) is 0 Å². The van der Waals surface area contributed by atoms with Crippen LogP contribution in [0.25, 0.3) is 0 Å². The van der Waals surface area contributed by atoms with E-state index in [1.165, 1.54) is 16.2 Å². The molecular weight excluding hydrogens is 310 g/mol. The molecule has 1 atom stereocenters. The number of ether oxygens (including phenoxy) is 3. The molecule has 0 radical (unpaired) electrons. The molecule has 2 heterocycles. The van der Waals surface area contributed by atoms with Gasteiger partial charge in [-0.05, 0) is 44.3 Å². The lowest BCUT2D eigenvalue weighted by atomic mass is 10.2. The van der Waals surface area contributed by atoms with Crippen LogP contribution in [-0.2, 0) is 6.42 Å². The summed E-state index contributed by atoms with van der Waals surface area (Å²) in [5.74, 6) is 2.23. The van der Waals surface area contributed by atoms with E-state index in [1.807, 2.05) is 36.6 Å². The van der Waals surface area contributed by atoms with Crippen LogP contribution >= 0.6 is 11.3 Å². The molecule has 1 aliphatic heterocycles. The Morgan fingerprint density at radius 3 is 3.00 bits per heavy atom. The van der Waals surface area contributed by atoms with Gasteiger partial charge in [-0.1, -0.05) is 19.4 Å². The molecule has 0 unspecified atom stereocenters. The zero-order valence-corrected chi connectivity index (χ0v) is 14.4. The third kappa shape index (κ3) is 3.79. The number of hydrogen-bond donors (Lipinski definition) is 1. The number of para-hydroxylation sites is 1. The summed E-state index contributed by atoms with van der Waals surface area (Å²) in [7, 11) is 1.96. The third-order valence-electron chi connectivity index (χ3n) is 3.78. The summed E-state index contributed by atoms with van der Waals surface area (Å²) < 4.78 is 17.3. The van der Waals surface area contributed by atoms with Crippen LogP contribution in [0.4, 0.5) is 0 Å². The van der Waals surface area contributed by atoms with Crippen molar-refractivity contribution in [1.82, 2.24) is 5.32 Å². The summed E-state index contributed by atoms with van der Waals surface area (Å²) in [6.45, 7) is 3.37. The molecule has 0 fully saturated rings. The van der Waals surface area contributed by atoms with Crippen molar-refractivity contribution in [3.8, 4) is 17.2 Å². The molecule has 0 bridgehead atoms. The van der Waals surface area contributed by atoms with Gasteiger partial charge in [-0.3, -0.25) is 0 Å². The molecule has 1 aromatic carbocycles. The Morgan fingerprint density at radius 2 is 2.17 bits per heavy atom. The van der Waals surface area contributed by atoms with Crippen LogP contribution in [-0.4, -0.2) is 20.4 Å². The van der Waals surface area contributed by atoms with E-state index < -0.39 is 0 Å². The minimum atomic E-state index is 0.0220. The van der Waals surface area contributed by atoms with Crippen LogP contribution in [0.3, 0.4) is 0 Å². The molecule has 0 amide bonds. The fraction of sp³-hybridized carbons (Fsp3) is 0.444. The van der Waals surface area contributed by atoms with Gasteiger partial charge in [0.25, 0.3) is 0 Å². The van der Waals surface area contributed by atoms with Gasteiger partial charge in [0.15, 0.2) is 11.5 Å². The molecule has 1 N–H and O–H groups in total. The van der Waals surface area contributed by atoms with E-state index in [9.17, 15) is 0 Å². The number of hydrogen-bond acceptors (Lipinski definition) is 5. The quantitative estimate of drug-likeness (QED) is 0.787. The van der Waals surface area contributed by atoms with Gasteiger partial charge < -0.3 is 19.5 Å². The summed E-state index contributed by atoms with van der Waals surface area (Å²) in [5, 5.41) is 3.21. The monoisotopic (exact) mass is 333 g/mol. The van der Waals surface area contributed by atoms with Crippen molar-refractivity contribution in [3.63, 3.8) is 0 Å². The van der Waals surface area contributed by atoms with E-state index in [4.69, 9.17) is 14.2 Å². The lowest BCUT2D eigenvalue weighted by Crippen LogP contribution is -2.15. The lowest BCUT2D eigenvalue weighted by Gasteiger charge is -2.19. The van der Waals surface area contributed by atoms with Crippen molar-refractivity contribution in [2.24, 2.45) is 0 Å². The Morgan fingerprint density at radius 1 is 1.26 bits per heavy atom. The topological polar surface area (TPSA) is 39.7 Å². The van der Waals surface area contributed by atoms with Gasteiger partial charge in [0, 0.05) is 16.2 Å². The van der Waals surface area contributed by atoms with E-state index in [0.29, 0.717) is 5.75 Å². The summed E-state index contributed by atoms with van der Waals surface area (Å²) in [5.41, 5.74) is 0. The van der Waals surface area contributed by atoms with Gasteiger partial charge in [-0.15, -0.1) is 11.3 Å². The lowest BCUT2D eigenvalue weighted by molar-refractivity contribution is 0.159. The standard InChI is InChI=1S/C18H23NO3S/c1-3-5-13-8-9-17(23-13)14(10-11-19-2)22-16-7-4-6-15-18(16)21-12-20-15/h4,6-9,14,19H,3,5,10-12H2,1-2H3/t14-/m0/s1.